The van der Waals surface area contributed by atoms with Crippen LogP contribution in [0.4, 0.5) is 0 Å². The predicted molar refractivity (Wildman–Crippen MR) is 32.1 cm³/mol. The van der Waals surface area contributed by atoms with Gasteiger partial charge in [-0.2, -0.15) is 4.99 Å². The maximum atomic E-state index is 9.44. The van der Waals surface area contributed by atoms with Crippen molar-refractivity contribution in [3.63, 3.8) is 0 Å². The van der Waals surface area contributed by atoms with Crippen LogP contribution in [-0.2, 0) is 4.79 Å². The van der Waals surface area contributed by atoms with E-state index in [9.17, 15) is 4.79 Å². The largest absolute Gasteiger partial charge is 0.239 e. The van der Waals surface area contributed by atoms with Gasteiger partial charge in [-0.15, -0.1) is 0 Å². The second kappa shape index (κ2) is 4.28. The number of isocyanates is 1. The first kappa shape index (κ1) is 7.12. The fraction of sp³-hybridized carbons (Fsp3) is 0.500. The molecular formula is C6H9NO. The van der Waals surface area contributed by atoms with E-state index in [4.69, 9.17) is 0 Å². The first-order chi connectivity index (χ1) is 3.77. The van der Waals surface area contributed by atoms with E-state index in [1.54, 1.807) is 0 Å². The van der Waals surface area contributed by atoms with Gasteiger partial charge in [-0.05, 0) is 5.92 Å². The molecule has 0 saturated carbocycles. The first-order valence-electron chi connectivity index (χ1n) is 2.51. The molecule has 0 heterocycles. The minimum absolute atomic E-state index is 0.451. The molecule has 0 aromatic rings. The normalized spacial score (nSPS) is 9.88. The molecular weight excluding hydrogens is 102 g/mol. The molecule has 0 saturated heterocycles. The van der Waals surface area contributed by atoms with Crippen LogP contribution in [0.15, 0.2) is 17.3 Å². The minimum atomic E-state index is 0.451. The van der Waals surface area contributed by atoms with Gasteiger partial charge in [-0.25, -0.2) is 4.79 Å². The molecule has 44 valence electrons. The molecule has 2 nitrogen and oxygen atoms in total. The van der Waals surface area contributed by atoms with E-state index < -0.39 is 0 Å². The fourth-order valence-electron chi connectivity index (χ4n) is 0.246. The van der Waals surface area contributed by atoms with Gasteiger partial charge in [-0.1, -0.05) is 19.9 Å². The van der Waals surface area contributed by atoms with Crippen LogP contribution in [0.1, 0.15) is 13.8 Å². The van der Waals surface area contributed by atoms with Crippen LogP contribution in [0, 0.1) is 5.92 Å². The summed E-state index contributed by atoms with van der Waals surface area (Å²) in [6.07, 6.45) is 4.69. The zero-order valence-electron chi connectivity index (χ0n) is 5.09. The van der Waals surface area contributed by atoms with Crippen LogP contribution in [0.5, 0.6) is 0 Å². The summed E-state index contributed by atoms with van der Waals surface area (Å²) in [6.45, 7) is 4.02. The number of hydrogen-bond donors (Lipinski definition) is 0. The molecule has 0 aliphatic carbocycles. The lowest BCUT2D eigenvalue weighted by molar-refractivity contribution is 0.565. The maximum absolute atomic E-state index is 9.44. The number of rotatable bonds is 2. The predicted octanol–water partition coefficient (Wildman–Crippen LogP) is 1.49. The van der Waals surface area contributed by atoms with Gasteiger partial charge in [0.1, 0.15) is 0 Å². The molecule has 0 aromatic heterocycles. The van der Waals surface area contributed by atoms with Crippen molar-refractivity contribution in [1.82, 2.24) is 0 Å². The smallest absolute Gasteiger partial charge is 0.211 e. The van der Waals surface area contributed by atoms with Gasteiger partial charge in [0.2, 0.25) is 6.08 Å². The molecule has 0 aliphatic heterocycles. The zero-order valence-corrected chi connectivity index (χ0v) is 5.09. The second-order valence-corrected chi connectivity index (χ2v) is 1.81. The zero-order chi connectivity index (χ0) is 6.41. The molecule has 0 bridgehead atoms. The highest BCUT2D eigenvalue weighted by molar-refractivity contribution is 5.34. The molecule has 2 heteroatoms. The lowest BCUT2D eigenvalue weighted by Crippen LogP contribution is -1.74. The van der Waals surface area contributed by atoms with Crippen molar-refractivity contribution in [1.29, 1.82) is 0 Å². The molecule has 0 spiro atoms. The van der Waals surface area contributed by atoms with Crippen LogP contribution in [-0.4, -0.2) is 6.08 Å². The minimum Gasteiger partial charge on any atom is -0.211 e. The first-order valence-corrected chi connectivity index (χ1v) is 2.51. The molecule has 0 unspecified atom stereocenters. The Morgan fingerprint density at radius 3 is 2.62 bits per heavy atom. The fourth-order valence-corrected chi connectivity index (χ4v) is 0.246. The summed E-state index contributed by atoms with van der Waals surface area (Å²) in [5, 5.41) is 0. The van der Waals surface area contributed by atoms with Crippen LogP contribution < -0.4 is 0 Å². The number of nitrogens with zero attached hydrogens (tertiary/aromatic N) is 1. The van der Waals surface area contributed by atoms with Crippen molar-refractivity contribution in [2.45, 2.75) is 13.8 Å². The summed E-state index contributed by atoms with van der Waals surface area (Å²) in [5.41, 5.74) is 0. The second-order valence-electron chi connectivity index (χ2n) is 1.81. The van der Waals surface area contributed by atoms with Crippen LogP contribution in [0.25, 0.3) is 0 Å². The van der Waals surface area contributed by atoms with E-state index in [1.165, 1.54) is 12.3 Å². The Morgan fingerprint density at radius 2 is 2.25 bits per heavy atom. The Hall–Kier alpha value is -0.880. The average Bonchev–Trinajstić information content (AvgIpc) is 1.66. The van der Waals surface area contributed by atoms with E-state index in [-0.39, 0.29) is 0 Å². The van der Waals surface area contributed by atoms with Gasteiger partial charge in [0.05, 0.1) is 0 Å². The Bertz CT molecular complexity index is 120. The lowest BCUT2D eigenvalue weighted by Gasteiger charge is -1.86. The maximum Gasteiger partial charge on any atom is 0.239 e. The van der Waals surface area contributed by atoms with Crippen molar-refractivity contribution >= 4 is 6.08 Å². The van der Waals surface area contributed by atoms with Crippen molar-refractivity contribution in [2.24, 2.45) is 10.9 Å². The Labute approximate surface area is 48.9 Å². The summed E-state index contributed by atoms with van der Waals surface area (Å²) in [7, 11) is 0. The summed E-state index contributed by atoms with van der Waals surface area (Å²) in [6, 6.07) is 0. The highest BCUT2D eigenvalue weighted by atomic mass is 16.1. The van der Waals surface area contributed by atoms with Gasteiger partial charge < -0.3 is 0 Å². The molecule has 0 N–H and O–H groups in total. The quantitative estimate of drug-likeness (QED) is 0.392. The van der Waals surface area contributed by atoms with E-state index in [1.807, 2.05) is 19.9 Å². The molecule has 0 rings (SSSR count). The average molecular weight is 111 g/mol. The van der Waals surface area contributed by atoms with Crippen LogP contribution in [0.3, 0.4) is 0 Å². The third kappa shape index (κ3) is 5.12. The third-order valence-electron chi connectivity index (χ3n) is 0.598. The highest BCUT2D eigenvalue weighted by Gasteiger charge is 1.78. The molecule has 8 heavy (non-hydrogen) atoms. The third-order valence-corrected chi connectivity index (χ3v) is 0.598. The number of hydrogen-bond acceptors (Lipinski definition) is 2. The summed E-state index contributed by atoms with van der Waals surface area (Å²) in [4.78, 5) is 12.7. The number of allylic oxidation sites excluding steroid dienone is 1. The molecule has 0 aromatic carbocycles. The monoisotopic (exact) mass is 111 g/mol. The Kier molecular flexibility index (Phi) is 3.81. The van der Waals surface area contributed by atoms with Gasteiger partial charge in [0.15, 0.2) is 0 Å². The molecule has 0 atom stereocenters. The molecule has 0 aliphatic rings. The standard InChI is InChI=1S/C6H9NO/c1-6(2)3-4-7-5-8/h3-4,6H,1-2H3. The van der Waals surface area contributed by atoms with E-state index >= 15 is 0 Å². The van der Waals surface area contributed by atoms with E-state index in [2.05, 4.69) is 4.99 Å². The van der Waals surface area contributed by atoms with E-state index in [0.717, 1.165) is 0 Å². The molecule has 0 fully saturated rings. The lowest BCUT2D eigenvalue weighted by atomic mass is 10.2. The topological polar surface area (TPSA) is 29.4 Å². The van der Waals surface area contributed by atoms with E-state index in [0.29, 0.717) is 5.92 Å². The molecule has 0 radical (unpaired) electrons. The number of aliphatic imine (C=N–C) groups is 1. The summed E-state index contributed by atoms with van der Waals surface area (Å²) >= 11 is 0. The number of carbonyl (C=O) groups excluding carboxylic acids is 1. The van der Waals surface area contributed by atoms with Gasteiger partial charge in [-0.3, -0.25) is 0 Å². The Balaban J connectivity index is 3.49. The van der Waals surface area contributed by atoms with Gasteiger partial charge in [0.25, 0.3) is 0 Å². The van der Waals surface area contributed by atoms with Gasteiger partial charge >= 0.3 is 0 Å². The van der Waals surface area contributed by atoms with Crippen molar-refractivity contribution in [2.75, 3.05) is 0 Å². The van der Waals surface area contributed by atoms with Crippen LogP contribution >= 0.6 is 0 Å². The molecule has 0 amide bonds. The summed E-state index contributed by atoms with van der Waals surface area (Å²) < 4.78 is 0. The van der Waals surface area contributed by atoms with Gasteiger partial charge in [0, 0.05) is 6.20 Å². The van der Waals surface area contributed by atoms with Crippen LogP contribution in [0.2, 0.25) is 0 Å². The SMILES string of the molecule is CC(C)C=CN=C=O. The van der Waals surface area contributed by atoms with Crippen molar-refractivity contribution in [3.8, 4) is 0 Å². The highest BCUT2D eigenvalue weighted by Crippen LogP contribution is 1.91. The summed E-state index contributed by atoms with van der Waals surface area (Å²) in [5.74, 6) is 0.451. The van der Waals surface area contributed by atoms with Crippen molar-refractivity contribution < 1.29 is 4.79 Å². The Morgan fingerprint density at radius 1 is 1.62 bits per heavy atom. The van der Waals surface area contributed by atoms with Crippen molar-refractivity contribution in [3.05, 3.63) is 12.3 Å².